The van der Waals surface area contributed by atoms with Crippen LogP contribution in [-0.2, 0) is 4.74 Å². The zero-order valence-corrected chi connectivity index (χ0v) is 12.0. The van der Waals surface area contributed by atoms with Crippen molar-refractivity contribution in [1.29, 1.82) is 0 Å². The minimum atomic E-state index is -0.00750. The number of hydrogen-bond acceptors (Lipinski definition) is 3. The van der Waals surface area contributed by atoms with Crippen LogP contribution in [0.25, 0.3) is 0 Å². The Kier molecular flexibility index (Phi) is 4.72. The van der Waals surface area contributed by atoms with E-state index in [-0.39, 0.29) is 12.0 Å². The zero-order chi connectivity index (χ0) is 13.0. The predicted octanol–water partition coefficient (Wildman–Crippen LogP) is 2.49. The highest BCUT2D eigenvalue weighted by Gasteiger charge is 2.25. The van der Waals surface area contributed by atoms with Gasteiger partial charge in [-0.25, -0.2) is 4.98 Å². The normalized spacial score (nSPS) is 19.9. The lowest BCUT2D eigenvalue weighted by atomic mass is 10.1. The summed E-state index contributed by atoms with van der Waals surface area (Å²) in [7, 11) is 0. The Hall–Kier alpha value is -0.940. The third-order valence-corrected chi connectivity index (χ3v) is 3.48. The van der Waals surface area contributed by atoms with Crippen molar-refractivity contribution in [2.75, 3.05) is 19.7 Å². The Labute approximate surface area is 115 Å². The van der Waals surface area contributed by atoms with Crippen LogP contribution in [-0.4, -0.2) is 41.6 Å². The molecular weight excluding hydrogens is 296 g/mol. The van der Waals surface area contributed by atoms with Gasteiger partial charge in [-0.1, -0.05) is 0 Å². The Morgan fingerprint density at radius 3 is 3.11 bits per heavy atom. The number of amides is 1. The topological polar surface area (TPSA) is 42.4 Å². The second-order valence-electron chi connectivity index (χ2n) is 4.33. The van der Waals surface area contributed by atoms with Crippen molar-refractivity contribution in [3.05, 3.63) is 28.5 Å². The quantitative estimate of drug-likeness (QED) is 0.861. The van der Waals surface area contributed by atoms with Gasteiger partial charge in [-0.15, -0.1) is 0 Å². The number of carbonyl (C=O) groups is 1. The first-order valence-electron chi connectivity index (χ1n) is 6.23. The number of hydrogen-bond donors (Lipinski definition) is 0. The number of ether oxygens (including phenoxy) is 1. The average molecular weight is 313 g/mol. The molecule has 0 aromatic carbocycles. The maximum Gasteiger partial charge on any atom is 0.272 e. The molecule has 1 saturated heterocycles. The van der Waals surface area contributed by atoms with Crippen molar-refractivity contribution < 1.29 is 9.53 Å². The van der Waals surface area contributed by atoms with Crippen LogP contribution in [0, 0.1) is 0 Å². The first kappa shape index (κ1) is 13.5. The number of piperidine rings is 1. The van der Waals surface area contributed by atoms with E-state index in [1.165, 1.54) is 0 Å². The second kappa shape index (κ2) is 6.29. The van der Waals surface area contributed by atoms with Crippen molar-refractivity contribution in [2.45, 2.75) is 25.9 Å². The van der Waals surface area contributed by atoms with Crippen LogP contribution in [0.15, 0.2) is 22.8 Å². The number of likely N-dealkylation sites (tertiary alicyclic amines) is 1. The van der Waals surface area contributed by atoms with Crippen molar-refractivity contribution in [2.24, 2.45) is 0 Å². The third kappa shape index (κ3) is 3.29. The summed E-state index contributed by atoms with van der Waals surface area (Å²) in [4.78, 5) is 18.2. The Morgan fingerprint density at radius 2 is 2.44 bits per heavy atom. The number of rotatable bonds is 3. The number of halogens is 1. The molecule has 4 nitrogen and oxygen atoms in total. The molecule has 0 spiro atoms. The molecule has 0 radical (unpaired) electrons. The van der Waals surface area contributed by atoms with Gasteiger partial charge in [0.2, 0.25) is 0 Å². The van der Waals surface area contributed by atoms with E-state index < -0.39 is 0 Å². The predicted molar refractivity (Wildman–Crippen MR) is 72.5 cm³/mol. The van der Waals surface area contributed by atoms with E-state index in [0.717, 1.165) is 23.9 Å². The molecule has 1 aromatic rings. The molecule has 1 fully saturated rings. The molecule has 1 unspecified atom stereocenters. The lowest BCUT2D eigenvalue weighted by molar-refractivity contribution is 0.00703. The van der Waals surface area contributed by atoms with Gasteiger partial charge in [0.1, 0.15) is 5.69 Å². The summed E-state index contributed by atoms with van der Waals surface area (Å²) < 4.78 is 6.48. The first-order chi connectivity index (χ1) is 8.70. The summed E-state index contributed by atoms with van der Waals surface area (Å²) in [5, 5.41) is 0. The van der Waals surface area contributed by atoms with E-state index in [1.807, 2.05) is 17.9 Å². The van der Waals surface area contributed by atoms with Gasteiger partial charge in [-0.3, -0.25) is 4.79 Å². The van der Waals surface area contributed by atoms with Crippen LogP contribution < -0.4 is 0 Å². The van der Waals surface area contributed by atoms with Gasteiger partial charge in [0.25, 0.3) is 5.91 Å². The van der Waals surface area contributed by atoms with E-state index in [9.17, 15) is 4.79 Å². The highest BCUT2D eigenvalue weighted by Crippen LogP contribution is 2.16. The fourth-order valence-electron chi connectivity index (χ4n) is 2.16. The van der Waals surface area contributed by atoms with Gasteiger partial charge >= 0.3 is 0 Å². The van der Waals surface area contributed by atoms with Gasteiger partial charge in [0.05, 0.1) is 6.10 Å². The summed E-state index contributed by atoms with van der Waals surface area (Å²) in [6.07, 6.45) is 3.85. The maximum atomic E-state index is 12.3. The van der Waals surface area contributed by atoms with Crippen LogP contribution in [0.3, 0.4) is 0 Å². The van der Waals surface area contributed by atoms with Gasteiger partial charge in [0, 0.05) is 30.4 Å². The van der Waals surface area contributed by atoms with Crippen LogP contribution in [0.4, 0.5) is 0 Å². The summed E-state index contributed by atoms with van der Waals surface area (Å²) in [5.41, 5.74) is 0.496. The van der Waals surface area contributed by atoms with Gasteiger partial charge in [-0.2, -0.15) is 0 Å². The van der Waals surface area contributed by atoms with E-state index in [0.29, 0.717) is 18.8 Å². The smallest absolute Gasteiger partial charge is 0.272 e. The summed E-state index contributed by atoms with van der Waals surface area (Å²) >= 11 is 3.31. The van der Waals surface area contributed by atoms with Crippen LogP contribution in [0.1, 0.15) is 30.3 Å². The van der Waals surface area contributed by atoms with E-state index in [1.54, 1.807) is 12.3 Å². The van der Waals surface area contributed by atoms with Crippen molar-refractivity contribution in [1.82, 2.24) is 9.88 Å². The third-order valence-electron chi connectivity index (χ3n) is 3.01. The van der Waals surface area contributed by atoms with Gasteiger partial charge in [0.15, 0.2) is 0 Å². The lowest BCUT2D eigenvalue weighted by Gasteiger charge is -2.32. The molecule has 1 amide bonds. The molecule has 5 heteroatoms. The number of carbonyl (C=O) groups excluding carboxylic acids is 1. The minimum Gasteiger partial charge on any atom is -0.377 e. The SMILES string of the molecule is CCOC1CCCN(C(=O)c2ccc(Br)cn2)C1. The Morgan fingerprint density at radius 1 is 1.61 bits per heavy atom. The molecule has 2 rings (SSSR count). The van der Waals surface area contributed by atoms with Crippen molar-refractivity contribution in [3.63, 3.8) is 0 Å². The minimum absolute atomic E-state index is 0.00750. The zero-order valence-electron chi connectivity index (χ0n) is 10.4. The molecular formula is C13H17BrN2O2. The summed E-state index contributed by atoms with van der Waals surface area (Å²) in [5.74, 6) is -0.00750. The molecule has 1 aliphatic rings. The summed E-state index contributed by atoms with van der Waals surface area (Å²) in [6, 6.07) is 3.58. The first-order valence-corrected chi connectivity index (χ1v) is 7.02. The molecule has 0 aliphatic carbocycles. The van der Waals surface area contributed by atoms with Crippen molar-refractivity contribution >= 4 is 21.8 Å². The van der Waals surface area contributed by atoms with Crippen molar-refractivity contribution in [3.8, 4) is 0 Å². The van der Waals surface area contributed by atoms with E-state index in [4.69, 9.17) is 4.74 Å². The molecule has 18 heavy (non-hydrogen) atoms. The van der Waals surface area contributed by atoms with Gasteiger partial charge < -0.3 is 9.64 Å². The van der Waals surface area contributed by atoms with E-state index in [2.05, 4.69) is 20.9 Å². The second-order valence-corrected chi connectivity index (χ2v) is 5.25. The highest BCUT2D eigenvalue weighted by atomic mass is 79.9. The lowest BCUT2D eigenvalue weighted by Crippen LogP contribution is -2.43. The molecule has 1 aliphatic heterocycles. The number of aromatic nitrogens is 1. The highest BCUT2D eigenvalue weighted by molar-refractivity contribution is 9.10. The van der Waals surface area contributed by atoms with E-state index >= 15 is 0 Å². The van der Waals surface area contributed by atoms with Gasteiger partial charge in [-0.05, 0) is 47.8 Å². The Bertz CT molecular complexity index is 406. The number of nitrogens with zero attached hydrogens (tertiary/aromatic N) is 2. The fraction of sp³-hybridized carbons (Fsp3) is 0.538. The summed E-state index contributed by atoms with van der Waals surface area (Å²) in [6.45, 7) is 4.14. The molecule has 98 valence electrons. The van der Waals surface area contributed by atoms with Crippen LogP contribution in [0.2, 0.25) is 0 Å². The fourth-order valence-corrected chi connectivity index (χ4v) is 2.39. The maximum absolute atomic E-state index is 12.3. The standard InChI is InChI=1S/C13H17BrN2O2/c1-2-18-11-4-3-7-16(9-11)13(17)12-6-5-10(14)8-15-12/h5-6,8,11H,2-4,7,9H2,1H3. The molecule has 1 atom stereocenters. The van der Waals surface area contributed by atoms with Crippen LogP contribution in [0.5, 0.6) is 0 Å². The molecule has 0 N–H and O–H groups in total. The molecule has 2 heterocycles. The monoisotopic (exact) mass is 312 g/mol. The molecule has 0 saturated carbocycles. The largest absolute Gasteiger partial charge is 0.377 e. The number of pyridine rings is 1. The average Bonchev–Trinajstić information content (AvgIpc) is 2.39. The van der Waals surface area contributed by atoms with Crippen LogP contribution >= 0.6 is 15.9 Å². The molecule has 1 aromatic heterocycles. The Balaban J connectivity index is 2.02. The molecule has 0 bridgehead atoms.